The van der Waals surface area contributed by atoms with Crippen LogP contribution in [0.2, 0.25) is 0 Å². The van der Waals surface area contributed by atoms with Crippen molar-refractivity contribution in [2.45, 2.75) is 38.6 Å². The van der Waals surface area contributed by atoms with Crippen molar-refractivity contribution in [2.75, 3.05) is 6.54 Å². The molecule has 98 valence electrons. The lowest BCUT2D eigenvalue weighted by Gasteiger charge is -2.25. The second-order valence-electron chi connectivity index (χ2n) is 5.27. The van der Waals surface area contributed by atoms with Gasteiger partial charge in [-0.1, -0.05) is 6.07 Å². The molecule has 0 radical (unpaired) electrons. The van der Waals surface area contributed by atoms with E-state index in [9.17, 15) is 4.79 Å². The first-order chi connectivity index (χ1) is 7.23. The molecule has 0 aliphatic rings. The van der Waals surface area contributed by atoms with Crippen LogP contribution in [0.25, 0.3) is 0 Å². The number of hydrogen-bond acceptors (Lipinski definition) is 3. The molecule has 1 heterocycles. The molecule has 0 unspecified atom stereocenters. The minimum Gasteiger partial charge on any atom is -0.353 e. The van der Waals surface area contributed by atoms with Gasteiger partial charge < -0.3 is 11.1 Å². The fourth-order valence-corrected chi connectivity index (χ4v) is 2.12. The summed E-state index contributed by atoms with van der Waals surface area (Å²) < 4.78 is 0. The Hall–Kier alpha value is -0.580. The van der Waals surface area contributed by atoms with Gasteiger partial charge in [0.25, 0.3) is 0 Å². The third-order valence-electron chi connectivity index (χ3n) is 2.41. The summed E-state index contributed by atoms with van der Waals surface area (Å²) in [6.07, 6.45) is 0. The van der Waals surface area contributed by atoms with Crippen molar-refractivity contribution < 1.29 is 4.79 Å². The first kappa shape index (κ1) is 16.4. The number of thiophene rings is 1. The maximum absolute atomic E-state index is 12.0. The highest BCUT2D eigenvalue weighted by Gasteiger charge is 2.31. The highest BCUT2D eigenvalue weighted by atomic mass is 35.5. The van der Waals surface area contributed by atoms with E-state index in [0.717, 1.165) is 4.88 Å². The topological polar surface area (TPSA) is 55.1 Å². The molecule has 0 saturated carbocycles. The third-order valence-corrected chi connectivity index (χ3v) is 3.60. The van der Waals surface area contributed by atoms with Crippen LogP contribution in [-0.4, -0.2) is 18.0 Å². The normalized spacial score (nSPS) is 11.8. The first-order valence-corrected chi connectivity index (χ1v) is 6.22. The fraction of sp³-hybridized carbons (Fsp3) is 0.583. The van der Waals surface area contributed by atoms with Crippen LogP contribution in [0.15, 0.2) is 17.5 Å². The molecule has 1 rings (SSSR count). The van der Waals surface area contributed by atoms with Gasteiger partial charge in [0, 0.05) is 17.0 Å². The lowest BCUT2D eigenvalue weighted by molar-refractivity contribution is -0.125. The SMILES string of the molecule is CC(C)(N)CNC(=O)C(C)(C)c1cccs1.Cl. The van der Waals surface area contributed by atoms with Crippen molar-refractivity contribution in [3.8, 4) is 0 Å². The largest absolute Gasteiger partial charge is 0.353 e. The number of nitrogens with one attached hydrogen (secondary N) is 1. The summed E-state index contributed by atoms with van der Waals surface area (Å²) in [5.41, 5.74) is 4.97. The number of carbonyl (C=O) groups excluding carboxylic acids is 1. The molecule has 0 atom stereocenters. The molecule has 0 fully saturated rings. The van der Waals surface area contributed by atoms with Crippen LogP contribution in [0.3, 0.4) is 0 Å². The Balaban J connectivity index is 0.00000256. The molecule has 3 N–H and O–H groups in total. The summed E-state index contributed by atoms with van der Waals surface area (Å²) in [6.45, 7) is 8.13. The van der Waals surface area contributed by atoms with Crippen molar-refractivity contribution in [2.24, 2.45) is 5.73 Å². The Bertz CT molecular complexity index is 355. The van der Waals surface area contributed by atoms with E-state index in [1.807, 2.05) is 45.2 Å². The third kappa shape index (κ3) is 4.66. The van der Waals surface area contributed by atoms with Gasteiger partial charge >= 0.3 is 0 Å². The van der Waals surface area contributed by atoms with Crippen molar-refractivity contribution >= 4 is 29.7 Å². The summed E-state index contributed by atoms with van der Waals surface area (Å²) in [7, 11) is 0. The van der Waals surface area contributed by atoms with E-state index >= 15 is 0 Å². The van der Waals surface area contributed by atoms with Crippen molar-refractivity contribution in [1.82, 2.24) is 5.32 Å². The zero-order valence-corrected chi connectivity index (χ0v) is 12.4. The smallest absolute Gasteiger partial charge is 0.230 e. The van der Waals surface area contributed by atoms with Crippen LogP contribution in [0.1, 0.15) is 32.6 Å². The number of rotatable bonds is 4. The first-order valence-electron chi connectivity index (χ1n) is 5.35. The lowest BCUT2D eigenvalue weighted by atomic mass is 9.90. The highest BCUT2D eigenvalue weighted by Crippen LogP contribution is 2.27. The van der Waals surface area contributed by atoms with E-state index in [4.69, 9.17) is 5.73 Å². The Morgan fingerprint density at radius 2 is 2.00 bits per heavy atom. The predicted molar refractivity (Wildman–Crippen MR) is 75.9 cm³/mol. The van der Waals surface area contributed by atoms with Gasteiger partial charge in [0.05, 0.1) is 5.41 Å². The van der Waals surface area contributed by atoms with Gasteiger partial charge in [-0.25, -0.2) is 0 Å². The maximum Gasteiger partial charge on any atom is 0.230 e. The molecule has 3 nitrogen and oxygen atoms in total. The summed E-state index contributed by atoms with van der Waals surface area (Å²) in [5, 5.41) is 4.88. The molecule has 0 aromatic carbocycles. The number of amides is 1. The number of carbonyl (C=O) groups is 1. The van der Waals surface area contributed by atoms with Crippen LogP contribution in [0.4, 0.5) is 0 Å². The predicted octanol–water partition coefficient (Wildman–Crippen LogP) is 2.30. The summed E-state index contributed by atoms with van der Waals surface area (Å²) in [6, 6.07) is 3.94. The Kier molecular flexibility index (Phi) is 5.65. The van der Waals surface area contributed by atoms with Gasteiger partial charge in [-0.3, -0.25) is 4.79 Å². The van der Waals surface area contributed by atoms with Crippen molar-refractivity contribution in [3.05, 3.63) is 22.4 Å². The molecule has 0 bridgehead atoms. The summed E-state index contributed by atoms with van der Waals surface area (Å²) >= 11 is 1.60. The Morgan fingerprint density at radius 3 is 2.41 bits per heavy atom. The van der Waals surface area contributed by atoms with Crippen LogP contribution in [0.5, 0.6) is 0 Å². The summed E-state index contributed by atoms with van der Waals surface area (Å²) in [5.74, 6) is 0.0217. The van der Waals surface area contributed by atoms with Gasteiger partial charge in [-0.15, -0.1) is 23.7 Å². The molecule has 1 aromatic rings. The quantitative estimate of drug-likeness (QED) is 0.887. The van der Waals surface area contributed by atoms with Gasteiger partial charge in [0.1, 0.15) is 0 Å². The van der Waals surface area contributed by atoms with Gasteiger partial charge in [-0.2, -0.15) is 0 Å². The molecule has 0 spiro atoms. The van der Waals surface area contributed by atoms with E-state index in [2.05, 4.69) is 5.32 Å². The van der Waals surface area contributed by atoms with E-state index in [0.29, 0.717) is 6.54 Å². The van der Waals surface area contributed by atoms with E-state index in [1.54, 1.807) is 11.3 Å². The lowest BCUT2D eigenvalue weighted by Crippen LogP contribution is -2.49. The number of hydrogen-bond donors (Lipinski definition) is 2. The molecular formula is C12H21ClN2OS. The van der Waals surface area contributed by atoms with E-state index in [-0.39, 0.29) is 23.9 Å². The summed E-state index contributed by atoms with van der Waals surface area (Å²) in [4.78, 5) is 13.1. The Morgan fingerprint density at radius 1 is 1.41 bits per heavy atom. The molecule has 0 aliphatic heterocycles. The van der Waals surface area contributed by atoms with Crippen LogP contribution in [0, 0.1) is 0 Å². The van der Waals surface area contributed by atoms with Crippen LogP contribution < -0.4 is 11.1 Å². The van der Waals surface area contributed by atoms with E-state index < -0.39 is 5.41 Å². The van der Waals surface area contributed by atoms with E-state index in [1.165, 1.54) is 0 Å². The van der Waals surface area contributed by atoms with Gasteiger partial charge in [0.2, 0.25) is 5.91 Å². The number of halogens is 1. The minimum absolute atomic E-state index is 0. The minimum atomic E-state index is -0.487. The van der Waals surface area contributed by atoms with Gasteiger partial charge in [0.15, 0.2) is 0 Å². The van der Waals surface area contributed by atoms with Gasteiger partial charge in [-0.05, 0) is 39.1 Å². The van der Waals surface area contributed by atoms with Crippen LogP contribution in [-0.2, 0) is 10.2 Å². The van der Waals surface area contributed by atoms with Crippen molar-refractivity contribution in [1.29, 1.82) is 0 Å². The second kappa shape index (κ2) is 5.85. The Labute approximate surface area is 113 Å². The standard InChI is InChI=1S/C12H20N2OS.ClH/c1-11(2,13)8-14-10(15)12(3,4)9-6-5-7-16-9;/h5-7H,8,13H2,1-4H3,(H,14,15);1H. The average Bonchev–Trinajstić information content (AvgIpc) is 2.65. The van der Waals surface area contributed by atoms with Crippen molar-refractivity contribution in [3.63, 3.8) is 0 Å². The molecule has 1 aromatic heterocycles. The zero-order chi connectivity index (χ0) is 12.4. The molecular weight excluding hydrogens is 256 g/mol. The highest BCUT2D eigenvalue weighted by molar-refractivity contribution is 7.10. The molecule has 0 saturated heterocycles. The molecule has 1 amide bonds. The zero-order valence-electron chi connectivity index (χ0n) is 10.7. The molecule has 0 aliphatic carbocycles. The average molecular weight is 277 g/mol. The monoisotopic (exact) mass is 276 g/mol. The van der Waals surface area contributed by atoms with Crippen LogP contribution >= 0.6 is 23.7 Å². The fourth-order valence-electron chi connectivity index (χ4n) is 1.28. The molecule has 5 heteroatoms. The molecule has 17 heavy (non-hydrogen) atoms. The second-order valence-corrected chi connectivity index (χ2v) is 6.22. The maximum atomic E-state index is 12.0. The number of nitrogens with two attached hydrogens (primary N) is 1.